The summed E-state index contributed by atoms with van der Waals surface area (Å²) < 4.78 is 7.20. The highest BCUT2D eigenvalue weighted by Crippen LogP contribution is 2.29. The molecule has 0 atom stereocenters. The van der Waals surface area contributed by atoms with Crippen molar-refractivity contribution in [2.75, 3.05) is 5.32 Å². The Morgan fingerprint density at radius 2 is 1.72 bits per heavy atom. The van der Waals surface area contributed by atoms with E-state index in [0.717, 1.165) is 11.1 Å². The Morgan fingerprint density at radius 3 is 2.39 bits per heavy atom. The molecule has 8 nitrogen and oxygen atoms in total. The summed E-state index contributed by atoms with van der Waals surface area (Å²) in [7, 11) is 0. The lowest BCUT2D eigenvalue weighted by atomic mass is 10.1. The van der Waals surface area contributed by atoms with Crippen molar-refractivity contribution >= 4 is 63.8 Å². The van der Waals surface area contributed by atoms with Crippen LogP contribution in [0.25, 0.3) is 0 Å². The summed E-state index contributed by atoms with van der Waals surface area (Å²) in [5.74, 6) is 0.138. The highest BCUT2D eigenvalue weighted by atomic mass is 35.5. The van der Waals surface area contributed by atoms with Gasteiger partial charge in [-0.15, -0.1) is 0 Å². The van der Waals surface area contributed by atoms with Crippen molar-refractivity contribution in [3.05, 3.63) is 114 Å². The van der Waals surface area contributed by atoms with Gasteiger partial charge in [-0.2, -0.15) is 5.10 Å². The minimum atomic E-state index is -0.535. The third kappa shape index (κ3) is 6.27. The van der Waals surface area contributed by atoms with Crippen LogP contribution < -0.4 is 10.1 Å². The van der Waals surface area contributed by atoms with Crippen LogP contribution in [0.3, 0.4) is 0 Å². The number of benzene rings is 3. The molecule has 1 amide bonds. The van der Waals surface area contributed by atoms with Gasteiger partial charge >= 0.3 is 0 Å². The number of hydrogen-bond donors (Lipinski definition) is 1. The van der Waals surface area contributed by atoms with Crippen molar-refractivity contribution in [3.8, 4) is 5.75 Å². The number of rotatable bonds is 8. The van der Waals surface area contributed by atoms with Gasteiger partial charge in [0.1, 0.15) is 17.4 Å². The van der Waals surface area contributed by atoms with E-state index in [0.29, 0.717) is 27.9 Å². The van der Waals surface area contributed by atoms with E-state index in [4.69, 9.17) is 51.1 Å². The van der Waals surface area contributed by atoms with Crippen LogP contribution in [0.2, 0.25) is 20.1 Å². The lowest BCUT2D eigenvalue weighted by Crippen LogP contribution is -2.13. The van der Waals surface area contributed by atoms with Gasteiger partial charge in [-0.25, -0.2) is 0 Å². The summed E-state index contributed by atoms with van der Waals surface area (Å²) in [4.78, 5) is 23.0. The first kappa shape index (κ1) is 25.8. The molecule has 3 aromatic carbocycles. The summed E-state index contributed by atoms with van der Waals surface area (Å²) in [5.41, 5.74) is 1.83. The molecule has 0 radical (unpaired) electrons. The SMILES string of the molecule is O=C(Nc1nn(Cc2ccc(Cl)cc2Cl)cc1Cl)c1ccc(COc2ccc([N+](=O)[O-])cc2Cl)cc1. The number of non-ortho nitro benzene ring substituents is 1. The number of nitrogens with zero attached hydrogens (tertiary/aromatic N) is 3. The van der Waals surface area contributed by atoms with Gasteiger partial charge in [0.2, 0.25) is 0 Å². The number of anilines is 1. The van der Waals surface area contributed by atoms with Crippen LogP contribution in [-0.2, 0) is 13.2 Å². The fourth-order valence-corrected chi connectivity index (χ4v) is 4.10. The fourth-order valence-electron chi connectivity index (χ4n) is 3.20. The van der Waals surface area contributed by atoms with E-state index in [1.807, 2.05) is 0 Å². The molecule has 0 aliphatic carbocycles. The summed E-state index contributed by atoms with van der Waals surface area (Å²) >= 11 is 24.5. The summed E-state index contributed by atoms with van der Waals surface area (Å²) in [5, 5.41) is 19.3. The number of hydrogen-bond acceptors (Lipinski definition) is 5. The van der Waals surface area contributed by atoms with E-state index >= 15 is 0 Å². The fraction of sp³-hybridized carbons (Fsp3) is 0.0833. The van der Waals surface area contributed by atoms with Crippen LogP contribution >= 0.6 is 46.4 Å². The van der Waals surface area contributed by atoms with Crippen LogP contribution in [0.5, 0.6) is 5.75 Å². The molecular weight excluding hydrogens is 550 g/mol. The van der Waals surface area contributed by atoms with Crippen LogP contribution in [0, 0.1) is 10.1 Å². The average molecular weight is 566 g/mol. The van der Waals surface area contributed by atoms with E-state index in [9.17, 15) is 14.9 Å². The van der Waals surface area contributed by atoms with Crippen LogP contribution in [0.4, 0.5) is 11.5 Å². The first-order valence-electron chi connectivity index (χ1n) is 10.3. The molecule has 0 fully saturated rings. The monoisotopic (exact) mass is 564 g/mol. The predicted octanol–water partition coefficient (Wildman–Crippen LogP) is 7.28. The number of halogens is 4. The molecule has 4 aromatic rings. The first-order chi connectivity index (χ1) is 17.2. The summed E-state index contributed by atoms with van der Waals surface area (Å²) in [6, 6.07) is 15.8. The maximum absolute atomic E-state index is 12.7. The average Bonchev–Trinajstić information content (AvgIpc) is 3.18. The van der Waals surface area contributed by atoms with Crippen LogP contribution in [0.1, 0.15) is 21.5 Å². The molecule has 0 unspecified atom stereocenters. The predicted molar refractivity (Wildman–Crippen MR) is 140 cm³/mol. The highest BCUT2D eigenvalue weighted by molar-refractivity contribution is 6.35. The number of amides is 1. The number of nitro groups is 1. The Morgan fingerprint density at radius 1 is 0.972 bits per heavy atom. The maximum atomic E-state index is 12.7. The third-order valence-corrected chi connectivity index (χ3v) is 6.19. The molecule has 1 N–H and O–H groups in total. The van der Waals surface area contributed by atoms with E-state index in [1.54, 1.807) is 53.3 Å². The zero-order valence-electron chi connectivity index (χ0n) is 18.3. The molecular formula is C24H16Cl4N4O4. The minimum absolute atomic E-state index is 0.124. The van der Waals surface area contributed by atoms with E-state index < -0.39 is 10.8 Å². The molecule has 0 aliphatic heterocycles. The lowest BCUT2D eigenvalue weighted by molar-refractivity contribution is -0.384. The molecule has 0 saturated heterocycles. The molecule has 36 heavy (non-hydrogen) atoms. The zero-order valence-corrected chi connectivity index (χ0v) is 21.3. The van der Waals surface area contributed by atoms with Crippen LogP contribution in [-0.4, -0.2) is 20.6 Å². The normalized spacial score (nSPS) is 10.8. The van der Waals surface area contributed by atoms with Crippen molar-refractivity contribution in [1.82, 2.24) is 9.78 Å². The van der Waals surface area contributed by atoms with Crippen molar-refractivity contribution in [1.29, 1.82) is 0 Å². The largest absolute Gasteiger partial charge is 0.487 e. The minimum Gasteiger partial charge on any atom is -0.487 e. The molecule has 0 aliphatic rings. The topological polar surface area (TPSA) is 99.3 Å². The van der Waals surface area contributed by atoms with Gasteiger partial charge in [-0.3, -0.25) is 19.6 Å². The second-order valence-electron chi connectivity index (χ2n) is 7.57. The molecule has 0 bridgehead atoms. The molecule has 1 heterocycles. The molecule has 1 aromatic heterocycles. The van der Waals surface area contributed by atoms with Crippen molar-refractivity contribution in [3.63, 3.8) is 0 Å². The molecule has 12 heteroatoms. The number of nitro benzene ring substituents is 1. The van der Waals surface area contributed by atoms with Gasteiger partial charge in [-0.05, 0) is 41.5 Å². The summed E-state index contributed by atoms with van der Waals surface area (Å²) in [6.07, 6.45) is 1.59. The van der Waals surface area contributed by atoms with E-state index in [2.05, 4.69) is 10.4 Å². The Balaban J connectivity index is 1.37. The Hall–Kier alpha value is -3.30. The number of carbonyl (C=O) groups is 1. The third-order valence-electron chi connectivity index (χ3n) is 5.03. The smallest absolute Gasteiger partial charge is 0.271 e. The number of nitrogens with one attached hydrogen (secondary N) is 1. The Labute approximate surface area is 225 Å². The van der Waals surface area contributed by atoms with Gasteiger partial charge in [0, 0.05) is 33.9 Å². The highest BCUT2D eigenvalue weighted by Gasteiger charge is 2.14. The van der Waals surface area contributed by atoms with E-state index in [1.165, 1.54) is 18.2 Å². The van der Waals surface area contributed by atoms with E-state index in [-0.39, 0.29) is 28.2 Å². The van der Waals surface area contributed by atoms with Gasteiger partial charge in [-0.1, -0.05) is 64.6 Å². The number of ether oxygens (including phenoxy) is 1. The van der Waals surface area contributed by atoms with Gasteiger partial charge in [0.25, 0.3) is 11.6 Å². The standard InChI is InChI=1S/C24H16Cl4N4O4/c25-17-6-5-16(19(26)9-17)11-31-12-21(28)23(30-31)29-24(33)15-3-1-14(2-4-15)13-36-22-8-7-18(32(34)35)10-20(22)27/h1-10,12H,11,13H2,(H,29,30,33). The second kappa shape index (κ2) is 11.2. The van der Waals surface area contributed by atoms with Gasteiger partial charge < -0.3 is 10.1 Å². The molecule has 184 valence electrons. The Bertz CT molecular complexity index is 1440. The number of aromatic nitrogens is 2. The van der Waals surface area contributed by atoms with Gasteiger partial charge in [0.05, 0.1) is 16.5 Å². The molecule has 0 saturated carbocycles. The second-order valence-corrected chi connectivity index (χ2v) is 9.23. The van der Waals surface area contributed by atoms with Crippen molar-refractivity contribution < 1.29 is 14.5 Å². The zero-order chi connectivity index (χ0) is 25.8. The quantitative estimate of drug-likeness (QED) is 0.179. The van der Waals surface area contributed by atoms with Crippen molar-refractivity contribution in [2.45, 2.75) is 13.2 Å². The molecule has 0 spiro atoms. The van der Waals surface area contributed by atoms with Crippen LogP contribution in [0.15, 0.2) is 66.9 Å². The lowest BCUT2D eigenvalue weighted by Gasteiger charge is -2.09. The Kier molecular flexibility index (Phi) is 8.01. The maximum Gasteiger partial charge on any atom is 0.271 e. The molecule has 4 rings (SSSR count). The first-order valence-corrected chi connectivity index (χ1v) is 11.8. The summed E-state index contributed by atoms with van der Waals surface area (Å²) in [6.45, 7) is 0.502. The van der Waals surface area contributed by atoms with Gasteiger partial charge in [0.15, 0.2) is 5.82 Å². The van der Waals surface area contributed by atoms with Crippen molar-refractivity contribution in [2.24, 2.45) is 0 Å². The number of carbonyl (C=O) groups excluding carboxylic acids is 1.